The van der Waals surface area contributed by atoms with E-state index in [-0.39, 0.29) is 5.91 Å². The second-order valence-corrected chi connectivity index (χ2v) is 6.16. The molecule has 0 aliphatic heterocycles. The topological polar surface area (TPSA) is 46.9 Å². The third-order valence-corrected chi connectivity index (χ3v) is 4.35. The van der Waals surface area contributed by atoms with Crippen LogP contribution in [-0.2, 0) is 17.6 Å². The average molecular weight is 333 g/mol. The lowest BCUT2D eigenvalue weighted by atomic mass is 10.1. The third-order valence-electron chi connectivity index (χ3n) is 4.35. The van der Waals surface area contributed by atoms with Gasteiger partial charge in [0.15, 0.2) is 0 Å². The van der Waals surface area contributed by atoms with Gasteiger partial charge in [0.25, 0.3) is 0 Å². The molecule has 4 heteroatoms. The Bertz CT molecular complexity index is 838. The summed E-state index contributed by atoms with van der Waals surface area (Å²) in [5.41, 5.74) is 5.43. The van der Waals surface area contributed by atoms with Crippen LogP contribution in [0.4, 0.5) is 0 Å². The van der Waals surface area contributed by atoms with Crippen LogP contribution in [0.15, 0.2) is 60.7 Å². The smallest absolute Gasteiger partial charge is 0.224 e. The molecule has 1 aromatic heterocycles. The molecule has 0 fully saturated rings. The van der Waals surface area contributed by atoms with E-state index in [9.17, 15) is 4.79 Å². The van der Waals surface area contributed by atoms with E-state index < -0.39 is 0 Å². The first kappa shape index (κ1) is 17.0. The van der Waals surface area contributed by atoms with E-state index >= 15 is 0 Å². The highest BCUT2D eigenvalue weighted by atomic mass is 16.1. The summed E-state index contributed by atoms with van der Waals surface area (Å²) in [6.07, 6.45) is 1.20. The number of amides is 1. The van der Waals surface area contributed by atoms with Gasteiger partial charge in [0.1, 0.15) is 0 Å². The Morgan fingerprint density at radius 2 is 1.64 bits per heavy atom. The molecule has 1 N–H and O–H groups in total. The molecule has 0 spiro atoms. The molecule has 0 unspecified atom stereocenters. The monoisotopic (exact) mass is 333 g/mol. The lowest BCUT2D eigenvalue weighted by Crippen LogP contribution is -2.27. The highest BCUT2D eigenvalue weighted by Gasteiger charge is 2.12. The Balaban J connectivity index is 1.60. The van der Waals surface area contributed by atoms with E-state index in [1.165, 1.54) is 5.56 Å². The summed E-state index contributed by atoms with van der Waals surface area (Å²) in [6, 6.07) is 19.9. The number of hydrogen-bond donors (Lipinski definition) is 1. The van der Waals surface area contributed by atoms with Gasteiger partial charge in [-0.2, -0.15) is 5.10 Å². The van der Waals surface area contributed by atoms with Gasteiger partial charge < -0.3 is 5.32 Å². The van der Waals surface area contributed by atoms with Crippen LogP contribution >= 0.6 is 0 Å². The second kappa shape index (κ2) is 7.79. The van der Waals surface area contributed by atoms with Gasteiger partial charge in [-0.05, 0) is 43.5 Å². The Labute approximate surface area is 148 Å². The van der Waals surface area contributed by atoms with Crippen molar-refractivity contribution in [2.75, 3.05) is 6.54 Å². The Morgan fingerprint density at radius 1 is 1.00 bits per heavy atom. The van der Waals surface area contributed by atoms with Crippen molar-refractivity contribution in [3.63, 3.8) is 0 Å². The fraction of sp³-hybridized carbons (Fsp3) is 0.238. The predicted molar refractivity (Wildman–Crippen MR) is 99.9 cm³/mol. The van der Waals surface area contributed by atoms with Crippen LogP contribution in [0, 0.1) is 13.8 Å². The van der Waals surface area contributed by atoms with Crippen LogP contribution in [0.5, 0.6) is 0 Å². The normalized spacial score (nSPS) is 10.6. The molecule has 0 aliphatic carbocycles. The molecule has 1 amide bonds. The van der Waals surface area contributed by atoms with Crippen LogP contribution in [-0.4, -0.2) is 22.2 Å². The number of nitrogens with zero attached hydrogens (tertiary/aromatic N) is 2. The van der Waals surface area contributed by atoms with Crippen molar-refractivity contribution in [1.82, 2.24) is 15.1 Å². The van der Waals surface area contributed by atoms with E-state index in [4.69, 9.17) is 0 Å². The number of aryl methyl sites for hydroxylation is 1. The zero-order valence-electron chi connectivity index (χ0n) is 14.7. The molecule has 3 rings (SSSR count). The van der Waals surface area contributed by atoms with Gasteiger partial charge in [0.2, 0.25) is 5.91 Å². The van der Waals surface area contributed by atoms with Gasteiger partial charge in [0, 0.05) is 12.2 Å². The molecule has 0 saturated carbocycles. The lowest BCUT2D eigenvalue weighted by Gasteiger charge is -2.07. The van der Waals surface area contributed by atoms with Crippen LogP contribution < -0.4 is 5.32 Å². The fourth-order valence-corrected chi connectivity index (χ4v) is 3.03. The summed E-state index contributed by atoms with van der Waals surface area (Å²) in [5.74, 6) is 0.0527. The number of carbonyl (C=O) groups excluding carboxylic acids is 1. The van der Waals surface area contributed by atoms with Crippen molar-refractivity contribution in [1.29, 1.82) is 0 Å². The molecule has 0 saturated heterocycles. The molecule has 0 bridgehead atoms. The third kappa shape index (κ3) is 4.15. The molecular weight excluding hydrogens is 310 g/mol. The van der Waals surface area contributed by atoms with Crippen LogP contribution in [0.25, 0.3) is 5.69 Å². The summed E-state index contributed by atoms with van der Waals surface area (Å²) >= 11 is 0. The highest BCUT2D eigenvalue weighted by molar-refractivity contribution is 5.78. The number of carbonyl (C=O) groups is 1. The van der Waals surface area contributed by atoms with E-state index in [2.05, 4.69) is 17.3 Å². The molecule has 4 nitrogen and oxygen atoms in total. The van der Waals surface area contributed by atoms with Gasteiger partial charge in [0.05, 0.1) is 17.8 Å². The predicted octanol–water partition coefficient (Wildman–Crippen LogP) is 3.39. The Morgan fingerprint density at radius 3 is 2.32 bits per heavy atom. The Hall–Kier alpha value is -2.88. The number of nitrogens with one attached hydrogen (secondary N) is 1. The van der Waals surface area contributed by atoms with Crippen LogP contribution in [0.1, 0.15) is 22.5 Å². The first-order chi connectivity index (χ1) is 12.1. The quantitative estimate of drug-likeness (QED) is 0.751. The molecule has 2 aromatic carbocycles. The molecule has 25 heavy (non-hydrogen) atoms. The highest BCUT2D eigenvalue weighted by Crippen LogP contribution is 2.18. The van der Waals surface area contributed by atoms with Gasteiger partial charge in [-0.1, -0.05) is 48.5 Å². The van der Waals surface area contributed by atoms with Crippen LogP contribution in [0.2, 0.25) is 0 Å². The fourth-order valence-electron chi connectivity index (χ4n) is 3.03. The van der Waals surface area contributed by atoms with E-state index in [1.54, 1.807) is 0 Å². The molecule has 3 aromatic rings. The number of aromatic nitrogens is 2. The largest absolute Gasteiger partial charge is 0.355 e. The van der Waals surface area contributed by atoms with Gasteiger partial charge in [-0.3, -0.25) is 4.79 Å². The van der Waals surface area contributed by atoms with Crippen molar-refractivity contribution in [3.05, 3.63) is 83.2 Å². The van der Waals surface area contributed by atoms with Crippen LogP contribution in [0.3, 0.4) is 0 Å². The number of rotatable bonds is 6. The van der Waals surface area contributed by atoms with Crippen molar-refractivity contribution >= 4 is 5.91 Å². The lowest BCUT2D eigenvalue weighted by molar-refractivity contribution is -0.120. The molecule has 128 valence electrons. The summed E-state index contributed by atoms with van der Waals surface area (Å²) < 4.78 is 1.97. The maximum atomic E-state index is 12.1. The van der Waals surface area contributed by atoms with Gasteiger partial charge >= 0.3 is 0 Å². The van der Waals surface area contributed by atoms with Crippen molar-refractivity contribution in [2.24, 2.45) is 0 Å². The SMILES string of the molecule is Cc1nn(-c2ccccc2)c(C)c1CCNC(=O)Cc1ccccc1. The zero-order chi connectivity index (χ0) is 17.6. The summed E-state index contributed by atoms with van der Waals surface area (Å²) in [7, 11) is 0. The van der Waals surface area contributed by atoms with Crippen molar-refractivity contribution in [3.8, 4) is 5.69 Å². The summed E-state index contributed by atoms with van der Waals surface area (Å²) in [6.45, 7) is 4.72. The van der Waals surface area contributed by atoms with Crippen molar-refractivity contribution in [2.45, 2.75) is 26.7 Å². The number of benzene rings is 2. The second-order valence-electron chi connectivity index (χ2n) is 6.16. The molecular formula is C21H23N3O. The van der Waals surface area contributed by atoms with Crippen molar-refractivity contribution < 1.29 is 4.79 Å². The zero-order valence-corrected chi connectivity index (χ0v) is 14.7. The average Bonchev–Trinajstić information content (AvgIpc) is 2.91. The minimum Gasteiger partial charge on any atom is -0.355 e. The maximum Gasteiger partial charge on any atom is 0.224 e. The Kier molecular flexibility index (Phi) is 5.29. The van der Waals surface area contributed by atoms with Gasteiger partial charge in [-0.25, -0.2) is 4.68 Å². The molecule has 1 heterocycles. The molecule has 0 radical (unpaired) electrons. The first-order valence-corrected chi connectivity index (χ1v) is 8.56. The first-order valence-electron chi connectivity index (χ1n) is 8.56. The minimum atomic E-state index is 0.0527. The van der Waals surface area contributed by atoms with Gasteiger partial charge in [-0.15, -0.1) is 0 Å². The summed E-state index contributed by atoms with van der Waals surface area (Å²) in [5, 5.41) is 7.66. The number of para-hydroxylation sites is 1. The van der Waals surface area contributed by atoms with E-state index in [0.717, 1.165) is 29.1 Å². The maximum absolute atomic E-state index is 12.1. The molecule has 0 aliphatic rings. The standard InChI is InChI=1S/C21H23N3O/c1-16-20(17(2)24(23-16)19-11-7-4-8-12-19)13-14-22-21(25)15-18-9-5-3-6-10-18/h3-12H,13-15H2,1-2H3,(H,22,25). The van der Waals surface area contributed by atoms with E-state index in [1.807, 2.05) is 72.3 Å². The summed E-state index contributed by atoms with van der Waals surface area (Å²) in [4.78, 5) is 12.1. The number of hydrogen-bond acceptors (Lipinski definition) is 2. The minimum absolute atomic E-state index is 0.0527. The van der Waals surface area contributed by atoms with E-state index in [0.29, 0.717) is 13.0 Å². The molecule has 0 atom stereocenters.